The van der Waals surface area contributed by atoms with Crippen LogP contribution in [-0.4, -0.2) is 15.5 Å². The molecule has 0 amide bonds. The van der Waals surface area contributed by atoms with Crippen LogP contribution < -0.4 is 14.8 Å². The van der Waals surface area contributed by atoms with Gasteiger partial charge in [-0.05, 0) is 59.9 Å². The highest BCUT2D eigenvalue weighted by atomic mass is 35.5. The van der Waals surface area contributed by atoms with Crippen molar-refractivity contribution in [3.8, 4) is 5.75 Å². The number of allylic oxidation sites excluding steroid dienone is 2. The SMILES string of the molecule is COc1ccccc1NS(=O)(=O)c1ccc2c(c1)[C@H]1C=CC[C@H]1[C@@H](c1ccccc1Cl)N2. The normalized spacial score (nSPS) is 21.4. The van der Waals surface area contributed by atoms with Gasteiger partial charge in [0.25, 0.3) is 10.0 Å². The van der Waals surface area contributed by atoms with E-state index in [9.17, 15) is 8.42 Å². The van der Waals surface area contributed by atoms with E-state index in [0.29, 0.717) is 11.4 Å². The first-order valence-electron chi connectivity index (χ1n) is 10.5. The Balaban J connectivity index is 1.51. The van der Waals surface area contributed by atoms with Gasteiger partial charge in [-0.1, -0.05) is 54.1 Å². The number of ether oxygens (including phenoxy) is 1. The van der Waals surface area contributed by atoms with Crippen molar-refractivity contribution < 1.29 is 13.2 Å². The third-order valence-electron chi connectivity index (χ3n) is 6.24. The predicted octanol–water partition coefficient (Wildman–Crippen LogP) is 5.98. The van der Waals surface area contributed by atoms with Crippen molar-refractivity contribution in [2.75, 3.05) is 17.1 Å². The lowest BCUT2D eigenvalue weighted by atomic mass is 9.77. The number of hydrogen-bond donors (Lipinski definition) is 2. The largest absolute Gasteiger partial charge is 0.495 e. The maximum Gasteiger partial charge on any atom is 0.262 e. The summed E-state index contributed by atoms with van der Waals surface area (Å²) in [7, 11) is -2.27. The van der Waals surface area contributed by atoms with E-state index in [1.165, 1.54) is 7.11 Å². The molecule has 0 fully saturated rings. The molecule has 0 spiro atoms. The summed E-state index contributed by atoms with van der Waals surface area (Å²) >= 11 is 6.50. The summed E-state index contributed by atoms with van der Waals surface area (Å²) in [5.74, 6) is 0.855. The summed E-state index contributed by atoms with van der Waals surface area (Å²) in [6, 6.07) is 20.2. The first-order valence-corrected chi connectivity index (χ1v) is 12.3. The zero-order valence-corrected chi connectivity index (χ0v) is 19.0. The maximum absolute atomic E-state index is 13.2. The summed E-state index contributed by atoms with van der Waals surface area (Å²) in [6.45, 7) is 0. The molecule has 3 aromatic rings. The van der Waals surface area contributed by atoms with Gasteiger partial charge in [0.15, 0.2) is 0 Å². The Labute approximate surface area is 193 Å². The molecular formula is C25H23ClN2O3S. The second kappa shape index (κ2) is 8.19. The fraction of sp³-hybridized carbons (Fsp3) is 0.200. The molecule has 5 rings (SSSR count). The van der Waals surface area contributed by atoms with Crippen molar-refractivity contribution in [1.29, 1.82) is 0 Å². The number of fused-ring (bicyclic) bond motifs is 3. The molecule has 0 radical (unpaired) electrons. The molecule has 5 nitrogen and oxygen atoms in total. The standard InChI is InChI=1S/C25H23ClN2O3S/c1-31-24-12-5-4-11-23(24)28-32(29,30)16-13-14-22-20(15-16)17-8-6-9-18(17)25(27-22)19-7-2-3-10-21(19)26/h2-8,10-15,17-18,25,27-28H,9H2,1H3/t17-,18+,25-/m0/s1. The molecule has 1 aliphatic carbocycles. The fourth-order valence-corrected chi connectivity index (χ4v) is 6.07. The molecule has 3 aromatic carbocycles. The molecule has 1 heterocycles. The topological polar surface area (TPSA) is 67.4 Å². The molecule has 1 aliphatic heterocycles. The molecule has 2 aliphatic rings. The van der Waals surface area contributed by atoms with Crippen LogP contribution in [0.3, 0.4) is 0 Å². The van der Waals surface area contributed by atoms with Crippen LogP contribution >= 0.6 is 11.6 Å². The Morgan fingerprint density at radius 3 is 2.62 bits per heavy atom. The van der Waals surface area contributed by atoms with Crippen molar-refractivity contribution in [3.05, 3.63) is 95.0 Å². The van der Waals surface area contributed by atoms with Crippen LogP contribution in [0.1, 0.15) is 29.5 Å². The molecule has 2 N–H and O–H groups in total. The van der Waals surface area contributed by atoms with Gasteiger partial charge in [-0.2, -0.15) is 0 Å². The predicted molar refractivity (Wildman–Crippen MR) is 128 cm³/mol. The molecule has 164 valence electrons. The first-order chi connectivity index (χ1) is 15.5. The highest BCUT2D eigenvalue weighted by Crippen LogP contribution is 2.51. The van der Waals surface area contributed by atoms with Crippen LogP contribution in [0.4, 0.5) is 11.4 Å². The van der Waals surface area contributed by atoms with Crippen molar-refractivity contribution in [2.45, 2.75) is 23.3 Å². The fourth-order valence-electron chi connectivity index (χ4n) is 4.71. The van der Waals surface area contributed by atoms with Crippen molar-refractivity contribution in [1.82, 2.24) is 0 Å². The average Bonchev–Trinajstić information content (AvgIpc) is 3.29. The van der Waals surface area contributed by atoms with Gasteiger partial charge in [-0.3, -0.25) is 4.72 Å². The zero-order chi connectivity index (χ0) is 22.3. The third kappa shape index (κ3) is 3.63. The number of sulfonamides is 1. The Morgan fingerprint density at radius 1 is 1.03 bits per heavy atom. The van der Waals surface area contributed by atoms with Gasteiger partial charge in [0, 0.05) is 16.6 Å². The van der Waals surface area contributed by atoms with Gasteiger partial charge in [0.1, 0.15) is 5.75 Å². The van der Waals surface area contributed by atoms with E-state index in [0.717, 1.165) is 28.3 Å². The van der Waals surface area contributed by atoms with E-state index in [1.807, 2.05) is 24.3 Å². The minimum Gasteiger partial charge on any atom is -0.495 e. The summed E-state index contributed by atoms with van der Waals surface area (Å²) in [5, 5.41) is 4.35. The van der Waals surface area contributed by atoms with E-state index in [4.69, 9.17) is 16.3 Å². The van der Waals surface area contributed by atoms with Crippen LogP contribution in [0.2, 0.25) is 5.02 Å². The quantitative estimate of drug-likeness (QED) is 0.454. The van der Waals surface area contributed by atoms with Crippen molar-refractivity contribution in [3.63, 3.8) is 0 Å². The summed E-state index contributed by atoms with van der Waals surface area (Å²) in [6.07, 6.45) is 5.26. The molecule has 7 heteroatoms. The number of methoxy groups -OCH3 is 1. The van der Waals surface area contributed by atoms with Gasteiger partial charge in [-0.25, -0.2) is 8.42 Å². The highest BCUT2D eigenvalue weighted by Gasteiger charge is 2.39. The minimum absolute atomic E-state index is 0.0605. The maximum atomic E-state index is 13.2. The molecule has 0 saturated carbocycles. The van der Waals surface area contributed by atoms with E-state index in [1.54, 1.807) is 36.4 Å². The number of anilines is 2. The summed E-state index contributed by atoms with van der Waals surface area (Å²) in [5.41, 5.74) is 3.38. The summed E-state index contributed by atoms with van der Waals surface area (Å²) < 4.78 is 34.2. The highest BCUT2D eigenvalue weighted by molar-refractivity contribution is 7.92. The Bertz CT molecular complexity index is 1310. The second-order valence-corrected chi connectivity index (χ2v) is 10.1. The van der Waals surface area contributed by atoms with E-state index in [2.05, 4.69) is 28.3 Å². The Kier molecular flexibility index (Phi) is 5.35. The monoisotopic (exact) mass is 466 g/mol. The lowest BCUT2D eigenvalue weighted by molar-refractivity contribution is 0.417. The molecule has 0 aromatic heterocycles. The van der Waals surface area contributed by atoms with Crippen LogP contribution in [0, 0.1) is 5.92 Å². The third-order valence-corrected chi connectivity index (χ3v) is 7.94. The van der Waals surface area contributed by atoms with Gasteiger partial charge in [0.2, 0.25) is 0 Å². The molecule has 3 atom stereocenters. The number of benzene rings is 3. The van der Waals surface area contributed by atoms with Crippen molar-refractivity contribution in [2.24, 2.45) is 5.92 Å². The number of rotatable bonds is 5. The van der Waals surface area contributed by atoms with Gasteiger partial charge in [-0.15, -0.1) is 0 Å². The average molecular weight is 467 g/mol. The number of para-hydroxylation sites is 2. The van der Waals surface area contributed by atoms with Crippen LogP contribution in [-0.2, 0) is 10.0 Å². The number of nitrogens with one attached hydrogen (secondary N) is 2. The lowest BCUT2D eigenvalue weighted by Crippen LogP contribution is -2.29. The van der Waals surface area contributed by atoms with E-state index >= 15 is 0 Å². The molecule has 32 heavy (non-hydrogen) atoms. The Morgan fingerprint density at radius 2 is 1.81 bits per heavy atom. The van der Waals surface area contributed by atoms with Crippen LogP contribution in [0.5, 0.6) is 5.75 Å². The minimum atomic E-state index is -3.78. The van der Waals surface area contributed by atoms with Gasteiger partial charge in [0.05, 0.1) is 23.7 Å². The smallest absolute Gasteiger partial charge is 0.262 e. The summed E-state index contributed by atoms with van der Waals surface area (Å²) in [4.78, 5) is 0.221. The van der Waals surface area contributed by atoms with Gasteiger partial charge < -0.3 is 10.1 Å². The molecule has 0 bridgehead atoms. The first kappa shape index (κ1) is 20.9. The zero-order valence-electron chi connectivity index (χ0n) is 17.5. The van der Waals surface area contributed by atoms with E-state index in [-0.39, 0.29) is 22.8 Å². The van der Waals surface area contributed by atoms with Gasteiger partial charge >= 0.3 is 0 Å². The molecule has 0 unspecified atom stereocenters. The molecule has 0 saturated heterocycles. The number of halogens is 1. The van der Waals surface area contributed by atoms with E-state index < -0.39 is 10.0 Å². The Hall–Kier alpha value is -2.96. The lowest BCUT2D eigenvalue weighted by Gasteiger charge is -2.38. The number of hydrogen-bond acceptors (Lipinski definition) is 4. The molecular weight excluding hydrogens is 444 g/mol. The van der Waals surface area contributed by atoms with Crippen molar-refractivity contribution >= 4 is 33.0 Å². The van der Waals surface area contributed by atoms with Crippen LogP contribution in [0.25, 0.3) is 0 Å². The van der Waals surface area contributed by atoms with Crippen LogP contribution in [0.15, 0.2) is 83.8 Å². The second-order valence-electron chi connectivity index (χ2n) is 8.05.